The number of hydrogen-bond acceptors (Lipinski definition) is 9. The van der Waals surface area contributed by atoms with Gasteiger partial charge in [-0.25, -0.2) is 0 Å². The Hall–Kier alpha value is 1.70. The molecule has 0 N–H and O–H groups in total. The average molecular weight is 389 g/mol. The molecule has 0 heterocycles. The topological polar surface area (TPSA) is 208 Å². The minimum atomic E-state index is -2.85. The standard InChI is InChI=1S/3ClO3.La/c3*2-1(3)4;/q3*-1;+3. The molecule has 13 heteroatoms. The fourth-order valence-corrected chi connectivity index (χ4v) is 0. The van der Waals surface area contributed by atoms with Gasteiger partial charge < -0.3 is 41.9 Å². The molecular formula is Cl3LaO9. The summed E-state index contributed by atoms with van der Waals surface area (Å²) in [5, 5.41) is 0. The summed E-state index contributed by atoms with van der Waals surface area (Å²) in [6, 6.07) is 0. The van der Waals surface area contributed by atoms with E-state index in [1.807, 2.05) is 0 Å². The molecule has 0 aliphatic heterocycles. The first-order chi connectivity index (χ1) is 5.20. The quantitative estimate of drug-likeness (QED) is 0.384. The van der Waals surface area contributed by atoms with Gasteiger partial charge in [-0.15, -0.1) is 0 Å². The van der Waals surface area contributed by atoms with Gasteiger partial charge in [0, 0.05) is 0 Å². The minimum absolute atomic E-state index is 0. The fourth-order valence-electron chi connectivity index (χ4n) is 0. The van der Waals surface area contributed by atoms with Crippen molar-refractivity contribution < 1.29 is 110 Å². The van der Waals surface area contributed by atoms with Gasteiger partial charge in [0.2, 0.25) is 0 Å². The van der Waals surface area contributed by atoms with Crippen LogP contribution in [0.25, 0.3) is 0 Å². The SMILES string of the molecule is [La+3].[O-][Cl+2]([O-])[O-].[O-][Cl+2]([O-])[O-].[O-][Cl+2]([O-])[O-]. The van der Waals surface area contributed by atoms with E-state index in [2.05, 4.69) is 0 Å². The summed E-state index contributed by atoms with van der Waals surface area (Å²) in [4.78, 5) is 0. The molecule has 0 radical (unpaired) electrons. The third-order valence-corrected chi connectivity index (χ3v) is 0. The Kier molecular flexibility index (Phi) is 35.8. The summed E-state index contributed by atoms with van der Waals surface area (Å²) >= 11 is 0. The summed E-state index contributed by atoms with van der Waals surface area (Å²) in [5.74, 6) is 0. The van der Waals surface area contributed by atoms with Crippen molar-refractivity contribution in [1.82, 2.24) is 0 Å². The zero-order chi connectivity index (χ0) is 10.7. The summed E-state index contributed by atoms with van der Waals surface area (Å²) in [7, 11) is -8.56. The zero-order valence-electron chi connectivity index (χ0n) is 5.39. The molecule has 0 saturated carbocycles. The van der Waals surface area contributed by atoms with E-state index in [0.29, 0.717) is 0 Å². The van der Waals surface area contributed by atoms with Gasteiger partial charge in [-0.1, -0.05) is 0 Å². The van der Waals surface area contributed by atoms with Crippen LogP contribution in [0, 0.1) is 68.0 Å². The van der Waals surface area contributed by atoms with Gasteiger partial charge in [-0.05, 0) is 0 Å². The van der Waals surface area contributed by atoms with Crippen LogP contribution in [0.2, 0.25) is 0 Å². The van der Waals surface area contributed by atoms with Crippen LogP contribution < -0.4 is 41.9 Å². The van der Waals surface area contributed by atoms with Crippen molar-refractivity contribution in [2.75, 3.05) is 0 Å². The Morgan fingerprint density at radius 3 is 0.385 bits per heavy atom. The molecule has 0 aliphatic carbocycles. The molecule has 0 saturated heterocycles. The summed E-state index contributed by atoms with van der Waals surface area (Å²) in [5.41, 5.74) is 0. The average Bonchev–Trinajstić information content (AvgIpc) is 1.54. The van der Waals surface area contributed by atoms with Crippen LogP contribution in [0.15, 0.2) is 0 Å². The van der Waals surface area contributed by atoms with Crippen molar-refractivity contribution in [2.45, 2.75) is 0 Å². The van der Waals surface area contributed by atoms with Crippen molar-refractivity contribution in [2.24, 2.45) is 0 Å². The van der Waals surface area contributed by atoms with Gasteiger partial charge >= 0.3 is 35.6 Å². The first-order valence-corrected chi connectivity index (χ1v) is 4.17. The third-order valence-electron chi connectivity index (χ3n) is 0. The van der Waals surface area contributed by atoms with Crippen LogP contribution in [-0.4, -0.2) is 0 Å². The molecule has 0 amide bonds. The molecule has 0 unspecified atom stereocenters. The second-order valence-electron chi connectivity index (χ2n) is 0.567. The van der Waals surface area contributed by atoms with E-state index in [4.69, 9.17) is 41.9 Å². The monoisotopic (exact) mass is 388 g/mol. The molecular weight excluding hydrogens is 389 g/mol. The molecule has 0 aliphatic rings. The van der Waals surface area contributed by atoms with Crippen molar-refractivity contribution in [3.05, 3.63) is 0 Å². The molecule has 13 heavy (non-hydrogen) atoms. The Labute approximate surface area is 109 Å². The number of rotatable bonds is 0. The first-order valence-electron chi connectivity index (χ1n) is 1.39. The van der Waals surface area contributed by atoms with E-state index in [1.165, 1.54) is 0 Å². The van der Waals surface area contributed by atoms with Crippen LogP contribution in [0.4, 0.5) is 0 Å². The maximum Gasteiger partial charge on any atom is 3.00 e. The van der Waals surface area contributed by atoms with E-state index >= 15 is 0 Å². The predicted molar refractivity (Wildman–Crippen MR) is 0 cm³/mol. The van der Waals surface area contributed by atoms with Crippen LogP contribution in [-0.2, 0) is 0 Å². The molecule has 0 aromatic heterocycles. The molecule has 9 nitrogen and oxygen atoms in total. The van der Waals surface area contributed by atoms with Crippen molar-refractivity contribution >= 4 is 0 Å². The van der Waals surface area contributed by atoms with Gasteiger partial charge in [-0.2, -0.15) is 0 Å². The molecule has 0 fully saturated rings. The molecule has 78 valence electrons. The summed E-state index contributed by atoms with van der Waals surface area (Å²) < 4.78 is 75.7. The Bertz CT molecular complexity index is 43.4. The van der Waals surface area contributed by atoms with Crippen LogP contribution in [0.1, 0.15) is 0 Å². The van der Waals surface area contributed by atoms with Gasteiger partial charge in [0.05, 0.1) is 32.4 Å². The van der Waals surface area contributed by atoms with E-state index in [-0.39, 0.29) is 35.6 Å². The smallest absolute Gasteiger partial charge is 0.357 e. The maximum absolute atomic E-state index is 8.41. The Morgan fingerprint density at radius 2 is 0.385 bits per heavy atom. The van der Waals surface area contributed by atoms with E-state index in [0.717, 1.165) is 0 Å². The van der Waals surface area contributed by atoms with Gasteiger partial charge in [0.1, 0.15) is 0 Å². The molecule has 0 aromatic rings. The van der Waals surface area contributed by atoms with E-state index < -0.39 is 32.4 Å². The van der Waals surface area contributed by atoms with E-state index in [9.17, 15) is 0 Å². The van der Waals surface area contributed by atoms with Crippen molar-refractivity contribution in [1.29, 1.82) is 0 Å². The van der Waals surface area contributed by atoms with Crippen LogP contribution in [0.5, 0.6) is 0 Å². The van der Waals surface area contributed by atoms with Crippen LogP contribution in [0.3, 0.4) is 0 Å². The summed E-state index contributed by atoms with van der Waals surface area (Å²) in [6.07, 6.45) is 0. The second-order valence-corrected chi connectivity index (χ2v) is 1.70. The number of halogens is 3. The second kappa shape index (κ2) is 19.3. The third kappa shape index (κ3) is 646. The molecule has 0 atom stereocenters. The zero-order valence-corrected chi connectivity index (χ0v) is 11.3. The molecule has 0 rings (SSSR count). The Morgan fingerprint density at radius 1 is 0.385 bits per heavy atom. The maximum atomic E-state index is 8.41. The largest absolute Gasteiger partial charge is 3.00 e. The van der Waals surface area contributed by atoms with Crippen molar-refractivity contribution in [3.63, 3.8) is 0 Å². The van der Waals surface area contributed by atoms with Gasteiger partial charge in [0.15, 0.2) is 0 Å². The first kappa shape index (κ1) is 24.1. The molecule has 0 spiro atoms. The van der Waals surface area contributed by atoms with Crippen LogP contribution >= 0.6 is 0 Å². The normalized spacial score (nSPS) is 8.31. The molecule has 0 aromatic carbocycles. The van der Waals surface area contributed by atoms with Gasteiger partial charge in [-0.3, -0.25) is 0 Å². The minimum Gasteiger partial charge on any atom is -0.357 e. The predicted octanol–water partition coefficient (Wildman–Crippen LogP) is -10.7. The fraction of sp³-hybridized carbons (Fsp3) is 0. The van der Waals surface area contributed by atoms with Gasteiger partial charge in [0.25, 0.3) is 0 Å². The van der Waals surface area contributed by atoms with E-state index in [1.54, 1.807) is 0 Å². The number of hydrogen-bond donors (Lipinski definition) is 0. The Balaban J connectivity index is -0.0000000450. The summed E-state index contributed by atoms with van der Waals surface area (Å²) in [6.45, 7) is 0. The van der Waals surface area contributed by atoms with Crippen molar-refractivity contribution in [3.8, 4) is 0 Å². The molecule has 0 bridgehead atoms.